The number of hydrogen-bond donors (Lipinski definition) is 0. The van der Waals surface area contributed by atoms with E-state index < -0.39 is 0 Å². The number of rotatable bonds is 5. The fourth-order valence-electron chi connectivity index (χ4n) is 4.14. The monoisotopic (exact) mass is 384 g/mol. The smallest absolute Gasteiger partial charge is 0.235 e. The molecule has 6 heteroatoms. The van der Waals surface area contributed by atoms with E-state index in [4.69, 9.17) is 10.1 Å². The topological polar surface area (TPSA) is 51.0 Å². The highest BCUT2D eigenvalue weighted by Crippen LogP contribution is 2.34. The van der Waals surface area contributed by atoms with Gasteiger partial charge >= 0.3 is 0 Å². The minimum atomic E-state index is -0.145. The summed E-state index contributed by atoms with van der Waals surface area (Å²) in [5.74, 6) is 1.74. The van der Waals surface area contributed by atoms with Crippen molar-refractivity contribution in [1.29, 1.82) is 0 Å². The normalized spacial score (nSPS) is 19.4. The Labute approximate surface area is 165 Å². The standard InChI is InChI=1S/C21H28N4OS/c1-16(20(26)24-14-8-9-15-24)27-21-22-19(17-10-4-2-5-11-17)25(23-21)18-12-6-3-7-13-18/h3,6-7,12-13,16-17H,2,4-5,8-11,14-15H2,1H3/t16-/m0/s1. The lowest BCUT2D eigenvalue weighted by atomic mass is 9.88. The van der Waals surface area contributed by atoms with Crippen LogP contribution in [-0.2, 0) is 4.79 Å². The lowest BCUT2D eigenvalue weighted by Gasteiger charge is -2.21. The Hall–Kier alpha value is -1.82. The molecule has 1 amide bonds. The number of hydrogen-bond acceptors (Lipinski definition) is 4. The maximum Gasteiger partial charge on any atom is 0.235 e. The van der Waals surface area contributed by atoms with Crippen molar-refractivity contribution in [2.75, 3.05) is 13.1 Å². The van der Waals surface area contributed by atoms with Crippen molar-refractivity contribution in [3.8, 4) is 5.69 Å². The first-order valence-electron chi connectivity index (χ1n) is 10.2. The zero-order valence-electron chi connectivity index (χ0n) is 16.0. The molecule has 0 bridgehead atoms. The van der Waals surface area contributed by atoms with Gasteiger partial charge in [0, 0.05) is 19.0 Å². The van der Waals surface area contributed by atoms with Crippen LogP contribution in [0.4, 0.5) is 0 Å². The molecule has 5 nitrogen and oxygen atoms in total. The molecular formula is C21H28N4OS. The van der Waals surface area contributed by atoms with Gasteiger partial charge in [0.05, 0.1) is 10.9 Å². The lowest BCUT2D eigenvalue weighted by Crippen LogP contribution is -2.34. The molecule has 2 fully saturated rings. The second-order valence-electron chi connectivity index (χ2n) is 7.63. The van der Waals surface area contributed by atoms with E-state index in [0.29, 0.717) is 5.92 Å². The van der Waals surface area contributed by atoms with Crippen LogP contribution >= 0.6 is 11.8 Å². The van der Waals surface area contributed by atoms with Crippen LogP contribution in [0, 0.1) is 0 Å². The number of thioether (sulfide) groups is 1. The first-order chi connectivity index (χ1) is 13.2. The van der Waals surface area contributed by atoms with Crippen molar-refractivity contribution < 1.29 is 4.79 Å². The van der Waals surface area contributed by atoms with E-state index in [1.807, 2.05) is 34.7 Å². The highest BCUT2D eigenvalue weighted by atomic mass is 32.2. The summed E-state index contributed by atoms with van der Waals surface area (Å²) in [5, 5.41) is 5.38. The summed E-state index contributed by atoms with van der Waals surface area (Å²) in [6, 6.07) is 10.2. The molecule has 144 valence electrons. The van der Waals surface area contributed by atoms with Crippen LogP contribution in [0.15, 0.2) is 35.5 Å². The van der Waals surface area contributed by atoms with Gasteiger partial charge in [-0.05, 0) is 44.7 Å². The number of para-hydroxylation sites is 1. The SMILES string of the molecule is C[C@H](Sc1nc(C2CCCCC2)n(-c2ccccc2)n1)C(=O)N1CCCC1. The molecule has 4 rings (SSSR count). The molecule has 1 aromatic carbocycles. The van der Waals surface area contributed by atoms with Gasteiger partial charge in [0.25, 0.3) is 0 Å². The summed E-state index contributed by atoms with van der Waals surface area (Å²) in [6.45, 7) is 3.76. The minimum Gasteiger partial charge on any atom is -0.342 e. The molecule has 0 radical (unpaired) electrons. The number of benzene rings is 1. The van der Waals surface area contributed by atoms with Crippen molar-refractivity contribution in [3.05, 3.63) is 36.2 Å². The molecule has 2 heterocycles. The molecule has 2 aromatic rings. The maximum atomic E-state index is 12.7. The van der Waals surface area contributed by atoms with E-state index in [0.717, 1.165) is 42.6 Å². The molecule has 1 saturated carbocycles. The van der Waals surface area contributed by atoms with Crippen molar-refractivity contribution in [2.45, 2.75) is 68.2 Å². The van der Waals surface area contributed by atoms with Crippen LogP contribution in [0.1, 0.15) is 63.6 Å². The van der Waals surface area contributed by atoms with Gasteiger partial charge in [0.15, 0.2) is 0 Å². The fraction of sp³-hybridized carbons (Fsp3) is 0.571. The summed E-state index contributed by atoms with van der Waals surface area (Å²) in [5.41, 5.74) is 1.05. The van der Waals surface area contributed by atoms with E-state index in [9.17, 15) is 4.79 Å². The van der Waals surface area contributed by atoms with Crippen molar-refractivity contribution in [3.63, 3.8) is 0 Å². The molecule has 0 spiro atoms. The van der Waals surface area contributed by atoms with Crippen molar-refractivity contribution in [2.24, 2.45) is 0 Å². The predicted molar refractivity (Wildman–Crippen MR) is 108 cm³/mol. The Morgan fingerprint density at radius 1 is 1.07 bits per heavy atom. The number of aromatic nitrogens is 3. The van der Waals surface area contributed by atoms with Gasteiger partial charge in [-0.1, -0.05) is 49.2 Å². The number of nitrogens with zero attached hydrogens (tertiary/aromatic N) is 4. The average molecular weight is 385 g/mol. The molecule has 1 aromatic heterocycles. The predicted octanol–water partition coefficient (Wildman–Crippen LogP) is 4.42. The van der Waals surface area contributed by atoms with Crippen LogP contribution in [0.25, 0.3) is 5.69 Å². The van der Waals surface area contributed by atoms with Gasteiger partial charge in [0.2, 0.25) is 11.1 Å². The zero-order chi connectivity index (χ0) is 18.6. The van der Waals surface area contributed by atoms with E-state index in [1.54, 1.807) is 0 Å². The molecule has 0 unspecified atom stereocenters. The molecule has 1 saturated heterocycles. The highest BCUT2D eigenvalue weighted by molar-refractivity contribution is 8.00. The van der Waals surface area contributed by atoms with Crippen LogP contribution in [0.3, 0.4) is 0 Å². The summed E-state index contributed by atoms with van der Waals surface area (Å²) >= 11 is 1.50. The molecule has 2 aliphatic rings. The van der Waals surface area contributed by atoms with E-state index in [1.165, 1.54) is 43.9 Å². The number of carbonyl (C=O) groups excluding carboxylic acids is 1. The Balaban J connectivity index is 1.57. The molecule has 1 aliphatic heterocycles. The first kappa shape index (κ1) is 18.5. The third-order valence-corrected chi connectivity index (χ3v) is 6.57. The lowest BCUT2D eigenvalue weighted by molar-refractivity contribution is -0.129. The molecule has 1 aliphatic carbocycles. The number of likely N-dealkylation sites (tertiary alicyclic amines) is 1. The summed E-state index contributed by atoms with van der Waals surface area (Å²) in [4.78, 5) is 19.5. The summed E-state index contributed by atoms with van der Waals surface area (Å²) in [6.07, 6.45) is 8.44. The molecule has 0 N–H and O–H groups in total. The molecule has 1 atom stereocenters. The van der Waals surface area contributed by atoms with Gasteiger partial charge in [0.1, 0.15) is 5.82 Å². The van der Waals surface area contributed by atoms with Gasteiger partial charge in [-0.2, -0.15) is 0 Å². The Morgan fingerprint density at radius 2 is 1.78 bits per heavy atom. The van der Waals surface area contributed by atoms with E-state index in [2.05, 4.69) is 12.1 Å². The van der Waals surface area contributed by atoms with Gasteiger partial charge in [-0.25, -0.2) is 9.67 Å². The molecular weight excluding hydrogens is 356 g/mol. The quantitative estimate of drug-likeness (QED) is 0.716. The van der Waals surface area contributed by atoms with Crippen LogP contribution in [0.5, 0.6) is 0 Å². The minimum absolute atomic E-state index is 0.145. The van der Waals surface area contributed by atoms with Crippen LogP contribution in [-0.4, -0.2) is 43.9 Å². The van der Waals surface area contributed by atoms with Crippen LogP contribution < -0.4 is 0 Å². The van der Waals surface area contributed by atoms with Gasteiger partial charge in [-0.3, -0.25) is 4.79 Å². The van der Waals surface area contributed by atoms with Crippen molar-refractivity contribution >= 4 is 17.7 Å². The Kier molecular flexibility index (Phi) is 5.81. The second kappa shape index (κ2) is 8.46. The van der Waals surface area contributed by atoms with E-state index >= 15 is 0 Å². The third-order valence-electron chi connectivity index (χ3n) is 5.63. The zero-order valence-corrected chi connectivity index (χ0v) is 16.8. The van der Waals surface area contributed by atoms with Gasteiger partial charge < -0.3 is 4.90 Å². The van der Waals surface area contributed by atoms with E-state index in [-0.39, 0.29) is 11.2 Å². The van der Waals surface area contributed by atoms with Crippen LogP contribution in [0.2, 0.25) is 0 Å². The maximum absolute atomic E-state index is 12.7. The second-order valence-corrected chi connectivity index (χ2v) is 8.94. The van der Waals surface area contributed by atoms with Crippen molar-refractivity contribution in [1.82, 2.24) is 19.7 Å². The van der Waals surface area contributed by atoms with Gasteiger partial charge in [-0.15, -0.1) is 5.10 Å². The fourth-order valence-corrected chi connectivity index (χ4v) is 4.98. The number of carbonyl (C=O) groups is 1. The Morgan fingerprint density at radius 3 is 2.48 bits per heavy atom. The summed E-state index contributed by atoms with van der Waals surface area (Å²) < 4.78 is 2.01. The summed E-state index contributed by atoms with van der Waals surface area (Å²) in [7, 11) is 0. The molecule has 27 heavy (non-hydrogen) atoms. The Bertz CT molecular complexity index is 764. The third kappa shape index (κ3) is 4.21. The largest absolute Gasteiger partial charge is 0.342 e. The average Bonchev–Trinajstić information content (AvgIpc) is 3.39. The highest BCUT2D eigenvalue weighted by Gasteiger charge is 2.27. The number of amides is 1. The first-order valence-corrected chi connectivity index (χ1v) is 11.1.